The van der Waals surface area contributed by atoms with E-state index in [1.54, 1.807) is 0 Å². The molecule has 0 aromatic heterocycles. The van der Waals surface area contributed by atoms with Crippen molar-refractivity contribution in [1.82, 2.24) is 0 Å². The molecule has 2 rings (SSSR count). The first-order valence-corrected chi connectivity index (χ1v) is 6.65. The third kappa shape index (κ3) is 2.19. The Kier molecular flexibility index (Phi) is 3.50. The van der Waals surface area contributed by atoms with E-state index in [1.807, 2.05) is 0 Å². The lowest BCUT2D eigenvalue weighted by Crippen LogP contribution is -2.48. The molecule has 2 saturated carbocycles. The zero-order chi connectivity index (χ0) is 13.6. The second kappa shape index (κ2) is 4.53. The normalized spacial score (nSPS) is 32.6. The molecule has 0 N–H and O–H groups in total. The largest absolute Gasteiger partial charge is 0.314 e. The van der Waals surface area contributed by atoms with E-state index in [0.29, 0.717) is 12.8 Å². The number of hydrogen-bond donors (Lipinski definition) is 0. The summed E-state index contributed by atoms with van der Waals surface area (Å²) in [5.74, 6) is -8.94. The van der Waals surface area contributed by atoms with E-state index in [1.165, 1.54) is 6.92 Å². The Morgan fingerprint density at radius 3 is 2.39 bits per heavy atom. The van der Waals surface area contributed by atoms with Crippen molar-refractivity contribution in [2.24, 2.45) is 17.8 Å². The predicted octanol–water partition coefficient (Wildman–Crippen LogP) is 5.05. The highest BCUT2D eigenvalue weighted by Gasteiger charge is 2.64. The van der Waals surface area contributed by atoms with E-state index in [-0.39, 0.29) is 23.8 Å². The molecule has 0 aliphatic heterocycles. The van der Waals surface area contributed by atoms with Crippen molar-refractivity contribution in [2.75, 3.05) is 0 Å². The molecule has 2 fully saturated rings. The standard InChI is InChI=1S/C14H20F4/c1-9(2)8-13(15,16)14(17,18)12-7-6-10-4-3-5-11(10)12/h10-12H,1,3-8H2,2H3. The average Bonchev–Trinajstić information content (AvgIpc) is 2.73. The highest BCUT2D eigenvalue weighted by atomic mass is 19.3. The molecule has 0 nitrogen and oxygen atoms in total. The van der Waals surface area contributed by atoms with E-state index in [4.69, 9.17) is 0 Å². The summed E-state index contributed by atoms with van der Waals surface area (Å²) < 4.78 is 55.7. The van der Waals surface area contributed by atoms with Gasteiger partial charge in [0, 0.05) is 12.3 Å². The average molecular weight is 264 g/mol. The van der Waals surface area contributed by atoms with Crippen LogP contribution in [0.2, 0.25) is 0 Å². The van der Waals surface area contributed by atoms with Gasteiger partial charge in [-0.2, -0.15) is 17.6 Å². The number of alkyl halides is 4. The zero-order valence-electron chi connectivity index (χ0n) is 10.7. The number of allylic oxidation sites excluding steroid dienone is 1. The van der Waals surface area contributed by atoms with Crippen molar-refractivity contribution in [3.63, 3.8) is 0 Å². The molecule has 0 aromatic rings. The maximum Gasteiger partial charge on any atom is 0.314 e. The number of halogens is 4. The van der Waals surface area contributed by atoms with Gasteiger partial charge in [0.1, 0.15) is 0 Å². The first kappa shape index (κ1) is 13.9. The molecule has 0 spiro atoms. The van der Waals surface area contributed by atoms with E-state index in [2.05, 4.69) is 6.58 Å². The molecular formula is C14H20F4. The maximum atomic E-state index is 14.1. The van der Waals surface area contributed by atoms with Gasteiger partial charge in [0.2, 0.25) is 0 Å². The number of rotatable bonds is 4. The second-order valence-electron chi connectivity index (χ2n) is 6.00. The van der Waals surface area contributed by atoms with E-state index in [9.17, 15) is 17.6 Å². The van der Waals surface area contributed by atoms with Gasteiger partial charge in [0.05, 0.1) is 0 Å². The van der Waals surface area contributed by atoms with Crippen LogP contribution in [0.5, 0.6) is 0 Å². The molecule has 4 heteroatoms. The maximum absolute atomic E-state index is 14.1. The zero-order valence-corrected chi connectivity index (χ0v) is 10.7. The summed E-state index contributed by atoms with van der Waals surface area (Å²) in [6, 6.07) is 0. The number of hydrogen-bond acceptors (Lipinski definition) is 0. The van der Waals surface area contributed by atoms with Gasteiger partial charge in [-0.1, -0.05) is 25.0 Å². The minimum Gasteiger partial charge on any atom is -0.200 e. The summed E-state index contributed by atoms with van der Waals surface area (Å²) in [4.78, 5) is 0. The van der Waals surface area contributed by atoms with Crippen LogP contribution < -0.4 is 0 Å². The monoisotopic (exact) mass is 264 g/mol. The van der Waals surface area contributed by atoms with Crippen molar-refractivity contribution in [3.05, 3.63) is 12.2 Å². The van der Waals surface area contributed by atoms with Crippen LogP contribution in [0.15, 0.2) is 12.2 Å². The number of fused-ring (bicyclic) bond motifs is 1. The van der Waals surface area contributed by atoms with E-state index >= 15 is 0 Å². The smallest absolute Gasteiger partial charge is 0.200 e. The van der Waals surface area contributed by atoms with E-state index < -0.39 is 24.2 Å². The fourth-order valence-electron chi connectivity index (χ4n) is 3.78. The lowest BCUT2D eigenvalue weighted by Gasteiger charge is -2.34. The van der Waals surface area contributed by atoms with Crippen LogP contribution in [-0.2, 0) is 0 Å². The molecule has 0 aromatic carbocycles. The van der Waals surface area contributed by atoms with Gasteiger partial charge < -0.3 is 0 Å². The van der Waals surface area contributed by atoms with Crippen LogP contribution in [-0.4, -0.2) is 11.8 Å². The van der Waals surface area contributed by atoms with Crippen molar-refractivity contribution in [3.8, 4) is 0 Å². The molecule has 18 heavy (non-hydrogen) atoms. The SMILES string of the molecule is C=C(C)CC(F)(F)C(F)(F)C1CCC2CCCC21. The van der Waals surface area contributed by atoms with Gasteiger partial charge in [0.15, 0.2) is 0 Å². The highest BCUT2D eigenvalue weighted by Crippen LogP contribution is 2.57. The van der Waals surface area contributed by atoms with Crippen LogP contribution in [0.25, 0.3) is 0 Å². The van der Waals surface area contributed by atoms with Crippen LogP contribution in [0.4, 0.5) is 17.6 Å². The van der Waals surface area contributed by atoms with Gasteiger partial charge >= 0.3 is 11.8 Å². The molecule has 0 radical (unpaired) electrons. The Balaban J connectivity index is 2.17. The molecule has 0 saturated heterocycles. The van der Waals surface area contributed by atoms with Crippen LogP contribution in [0.1, 0.15) is 45.4 Å². The molecule has 0 bridgehead atoms. The molecule has 104 valence electrons. The van der Waals surface area contributed by atoms with Gasteiger partial charge in [-0.05, 0) is 38.0 Å². The minimum absolute atomic E-state index is 0.112. The summed E-state index contributed by atoms with van der Waals surface area (Å²) in [7, 11) is 0. The Bertz CT molecular complexity index is 335. The van der Waals surface area contributed by atoms with Gasteiger partial charge in [-0.15, -0.1) is 0 Å². The lowest BCUT2D eigenvalue weighted by molar-refractivity contribution is -0.241. The molecule has 3 atom stereocenters. The quantitative estimate of drug-likeness (QED) is 0.492. The first-order chi connectivity index (χ1) is 8.25. The Labute approximate surface area is 105 Å². The Hall–Kier alpha value is -0.540. The predicted molar refractivity (Wildman–Crippen MR) is 62.9 cm³/mol. The van der Waals surface area contributed by atoms with Gasteiger partial charge in [0.25, 0.3) is 0 Å². The fourth-order valence-corrected chi connectivity index (χ4v) is 3.78. The van der Waals surface area contributed by atoms with E-state index in [0.717, 1.165) is 12.8 Å². The summed E-state index contributed by atoms with van der Waals surface area (Å²) >= 11 is 0. The van der Waals surface area contributed by atoms with Crippen LogP contribution in [0.3, 0.4) is 0 Å². The third-order valence-corrected chi connectivity index (χ3v) is 4.56. The highest BCUT2D eigenvalue weighted by molar-refractivity contribution is 5.05. The van der Waals surface area contributed by atoms with Crippen molar-refractivity contribution in [2.45, 2.75) is 57.3 Å². The summed E-state index contributed by atoms with van der Waals surface area (Å²) in [5.41, 5.74) is 0.112. The Morgan fingerprint density at radius 1 is 1.11 bits per heavy atom. The summed E-state index contributed by atoms with van der Waals surface area (Å²) in [5, 5.41) is 0. The minimum atomic E-state index is -3.96. The lowest BCUT2D eigenvalue weighted by atomic mass is 9.83. The van der Waals surface area contributed by atoms with Gasteiger partial charge in [-0.3, -0.25) is 0 Å². The van der Waals surface area contributed by atoms with Crippen molar-refractivity contribution < 1.29 is 17.6 Å². The summed E-state index contributed by atoms with van der Waals surface area (Å²) in [6.45, 7) is 4.71. The molecule has 3 unspecified atom stereocenters. The molecule has 0 amide bonds. The molecule has 0 heterocycles. The van der Waals surface area contributed by atoms with Gasteiger partial charge in [-0.25, -0.2) is 0 Å². The third-order valence-electron chi connectivity index (χ3n) is 4.56. The van der Waals surface area contributed by atoms with Crippen LogP contribution in [0, 0.1) is 17.8 Å². The second-order valence-corrected chi connectivity index (χ2v) is 6.00. The molecule has 2 aliphatic carbocycles. The Morgan fingerprint density at radius 2 is 1.78 bits per heavy atom. The topological polar surface area (TPSA) is 0 Å². The molecule has 2 aliphatic rings. The molecular weight excluding hydrogens is 244 g/mol. The van der Waals surface area contributed by atoms with Crippen molar-refractivity contribution >= 4 is 0 Å². The van der Waals surface area contributed by atoms with Crippen molar-refractivity contribution in [1.29, 1.82) is 0 Å². The summed E-state index contributed by atoms with van der Waals surface area (Å²) in [6.07, 6.45) is 2.56. The fraction of sp³-hybridized carbons (Fsp3) is 0.857. The van der Waals surface area contributed by atoms with Crippen LogP contribution >= 0.6 is 0 Å². The first-order valence-electron chi connectivity index (χ1n) is 6.65.